The number of nitrogens with zero attached hydrogens (tertiary/aromatic N) is 1. The highest BCUT2D eigenvalue weighted by Crippen LogP contribution is 2.32. The number of methoxy groups -OCH3 is 1. The first-order valence-electron chi connectivity index (χ1n) is 9.29. The molecule has 1 aliphatic heterocycles. The monoisotopic (exact) mass is 354 g/mol. The lowest BCUT2D eigenvalue weighted by Crippen LogP contribution is -2.52. The van der Waals surface area contributed by atoms with E-state index in [1.807, 2.05) is 24.3 Å². The zero-order valence-electron chi connectivity index (χ0n) is 16.1. The number of benzene rings is 2. The largest absolute Gasteiger partial charge is 0.493 e. The van der Waals surface area contributed by atoms with Gasteiger partial charge in [-0.3, -0.25) is 4.90 Å². The molecule has 0 aromatic heterocycles. The summed E-state index contributed by atoms with van der Waals surface area (Å²) in [5.74, 6) is 1.56. The van der Waals surface area contributed by atoms with E-state index >= 15 is 0 Å². The number of piperidine rings is 1. The van der Waals surface area contributed by atoms with Gasteiger partial charge in [0, 0.05) is 25.7 Å². The van der Waals surface area contributed by atoms with Gasteiger partial charge in [0.05, 0.1) is 7.11 Å². The summed E-state index contributed by atoms with van der Waals surface area (Å²) in [6.07, 6.45) is 1.04. The van der Waals surface area contributed by atoms with Crippen LogP contribution < -0.4 is 15.2 Å². The molecule has 1 unspecified atom stereocenters. The highest BCUT2D eigenvalue weighted by atomic mass is 16.5. The van der Waals surface area contributed by atoms with Gasteiger partial charge in [-0.1, -0.05) is 50.2 Å². The van der Waals surface area contributed by atoms with E-state index in [9.17, 15) is 0 Å². The van der Waals surface area contributed by atoms with Crippen LogP contribution in [0.15, 0.2) is 48.5 Å². The Kier molecular flexibility index (Phi) is 5.84. The Hall–Kier alpha value is -2.04. The van der Waals surface area contributed by atoms with E-state index < -0.39 is 0 Å². The van der Waals surface area contributed by atoms with Gasteiger partial charge in [-0.05, 0) is 35.1 Å². The van der Waals surface area contributed by atoms with Gasteiger partial charge < -0.3 is 15.2 Å². The molecule has 2 N–H and O–H groups in total. The van der Waals surface area contributed by atoms with Crippen LogP contribution in [0.5, 0.6) is 11.5 Å². The topological polar surface area (TPSA) is 47.7 Å². The highest BCUT2D eigenvalue weighted by molar-refractivity contribution is 5.43. The van der Waals surface area contributed by atoms with Gasteiger partial charge in [-0.25, -0.2) is 0 Å². The average molecular weight is 354 g/mol. The van der Waals surface area contributed by atoms with Crippen molar-refractivity contribution in [3.05, 3.63) is 59.7 Å². The van der Waals surface area contributed by atoms with Crippen LogP contribution in [0.4, 0.5) is 0 Å². The molecule has 1 atom stereocenters. The molecule has 1 aliphatic rings. The predicted octanol–water partition coefficient (Wildman–Crippen LogP) is 3.83. The molecular weight excluding hydrogens is 324 g/mol. The van der Waals surface area contributed by atoms with Crippen molar-refractivity contribution in [2.45, 2.75) is 39.5 Å². The molecule has 4 heteroatoms. The molecule has 0 aliphatic carbocycles. The van der Waals surface area contributed by atoms with Crippen LogP contribution in [0.25, 0.3) is 0 Å². The number of hydrogen-bond acceptors (Lipinski definition) is 4. The van der Waals surface area contributed by atoms with Gasteiger partial charge in [-0.15, -0.1) is 0 Å². The molecular formula is C22H30N2O2. The standard InChI is InChI=1S/C22H30N2O2/c1-22(2)16-24(12-11-21(22)23)14-18-9-10-19(20(13-18)25-3)26-15-17-7-5-4-6-8-17/h4-10,13,21H,11-12,14-16,23H2,1-3H3. The Labute approximate surface area is 156 Å². The summed E-state index contributed by atoms with van der Waals surface area (Å²) in [6, 6.07) is 16.7. The molecule has 2 aromatic rings. The molecule has 0 saturated carbocycles. The van der Waals surface area contributed by atoms with Crippen molar-refractivity contribution in [2.75, 3.05) is 20.2 Å². The fourth-order valence-corrected chi connectivity index (χ4v) is 3.54. The second kappa shape index (κ2) is 8.11. The van der Waals surface area contributed by atoms with Gasteiger partial charge in [0.15, 0.2) is 11.5 Å². The van der Waals surface area contributed by atoms with Crippen molar-refractivity contribution in [3.8, 4) is 11.5 Å². The minimum absolute atomic E-state index is 0.154. The van der Waals surface area contributed by atoms with Crippen molar-refractivity contribution >= 4 is 0 Å². The summed E-state index contributed by atoms with van der Waals surface area (Å²) in [4.78, 5) is 2.47. The van der Waals surface area contributed by atoms with Crippen molar-refractivity contribution in [1.29, 1.82) is 0 Å². The summed E-state index contributed by atoms with van der Waals surface area (Å²) in [7, 11) is 1.69. The van der Waals surface area contributed by atoms with E-state index in [4.69, 9.17) is 15.2 Å². The second-order valence-electron chi connectivity index (χ2n) is 7.85. The van der Waals surface area contributed by atoms with E-state index in [0.29, 0.717) is 6.61 Å². The van der Waals surface area contributed by atoms with Crippen LogP contribution in [0.3, 0.4) is 0 Å². The number of rotatable bonds is 6. The average Bonchev–Trinajstić information content (AvgIpc) is 2.64. The maximum Gasteiger partial charge on any atom is 0.161 e. The zero-order valence-corrected chi connectivity index (χ0v) is 16.1. The fraction of sp³-hybridized carbons (Fsp3) is 0.455. The van der Waals surface area contributed by atoms with Crippen molar-refractivity contribution in [2.24, 2.45) is 11.1 Å². The first-order valence-corrected chi connectivity index (χ1v) is 9.29. The maximum atomic E-state index is 6.25. The van der Waals surface area contributed by atoms with Crippen LogP contribution in [0, 0.1) is 5.41 Å². The van der Waals surface area contributed by atoms with Gasteiger partial charge in [-0.2, -0.15) is 0 Å². The fourth-order valence-electron chi connectivity index (χ4n) is 3.54. The van der Waals surface area contributed by atoms with Crippen LogP contribution in [-0.4, -0.2) is 31.1 Å². The number of hydrogen-bond donors (Lipinski definition) is 1. The lowest BCUT2D eigenvalue weighted by molar-refractivity contribution is 0.0898. The Bertz CT molecular complexity index is 715. The smallest absolute Gasteiger partial charge is 0.161 e. The number of nitrogens with two attached hydrogens (primary N) is 1. The van der Waals surface area contributed by atoms with Gasteiger partial charge in [0.1, 0.15) is 6.61 Å². The first-order chi connectivity index (χ1) is 12.5. The summed E-state index contributed by atoms with van der Waals surface area (Å²) >= 11 is 0. The minimum atomic E-state index is 0.154. The molecule has 140 valence electrons. The summed E-state index contributed by atoms with van der Waals surface area (Å²) in [6.45, 7) is 8.01. The molecule has 0 bridgehead atoms. The highest BCUT2D eigenvalue weighted by Gasteiger charge is 2.33. The Morgan fingerprint density at radius 3 is 2.54 bits per heavy atom. The van der Waals surface area contributed by atoms with Gasteiger partial charge in [0.25, 0.3) is 0 Å². The normalized spacial score (nSPS) is 19.9. The Morgan fingerprint density at radius 1 is 1.08 bits per heavy atom. The maximum absolute atomic E-state index is 6.25. The van der Waals surface area contributed by atoms with Gasteiger partial charge >= 0.3 is 0 Å². The quantitative estimate of drug-likeness (QED) is 0.856. The van der Waals surface area contributed by atoms with Crippen LogP contribution in [-0.2, 0) is 13.2 Å². The van der Waals surface area contributed by atoms with E-state index in [1.54, 1.807) is 7.11 Å². The lowest BCUT2D eigenvalue weighted by Gasteiger charge is -2.42. The zero-order chi connectivity index (χ0) is 18.6. The third-order valence-corrected chi connectivity index (χ3v) is 5.26. The van der Waals surface area contributed by atoms with Crippen LogP contribution >= 0.6 is 0 Å². The minimum Gasteiger partial charge on any atom is -0.493 e. The molecule has 2 aromatic carbocycles. The third kappa shape index (κ3) is 4.57. The van der Waals surface area contributed by atoms with E-state index in [2.05, 4.69) is 43.0 Å². The van der Waals surface area contributed by atoms with Crippen molar-refractivity contribution in [3.63, 3.8) is 0 Å². The predicted molar refractivity (Wildman–Crippen MR) is 105 cm³/mol. The summed E-state index contributed by atoms with van der Waals surface area (Å²) in [5, 5.41) is 0. The third-order valence-electron chi connectivity index (χ3n) is 5.26. The number of ether oxygens (including phenoxy) is 2. The van der Waals surface area contributed by atoms with E-state index in [0.717, 1.165) is 43.1 Å². The summed E-state index contributed by atoms with van der Waals surface area (Å²) < 4.78 is 11.5. The molecule has 26 heavy (non-hydrogen) atoms. The molecule has 1 heterocycles. The van der Waals surface area contributed by atoms with Crippen LogP contribution in [0.2, 0.25) is 0 Å². The molecule has 0 amide bonds. The Balaban J connectivity index is 1.65. The molecule has 4 nitrogen and oxygen atoms in total. The SMILES string of the molecule is COc1cc(CN2CCC(N)C(C)(C)C2)ccc1OCc1ccccc1. The number of likely N-dealkylation sites (tertiary alicyclic amines) is 1. The lowest BCUT2D eigenvalue weighted by atomic mass is 9.79. The molecule has 0 spiro atoms. The second-order valence-corrected chi connectivity index (χ2v) is 7.85. The van der Waals surface area contributed by atoms with Crippen LogP contribution in [0.1, 0.15) is 31.4 Å². The molecule has 1 fully saturated rings. The first kappa shape index (κ1) is 18.7. The summed E-state index contributed by atoms with van der Waals surface area (Å²) in [5.41, 5.74) is 8.79. The molecule has 3 rings (SSSR count). The van der Waals surface area contributed by atoms with Gasteiger partial charge in [0.2, 0.25) is 0 Å². The van der Waals surface area contributed by atoms with Crippen molar-refractivity contribution in [1.82, 2.24) is 4.90 Å². The van der Waals surface area contributed by atoms with Crippen molar-refractivity contribution < 1.29 is 9.47 Å². The molecule has 1 saturated heterocycles. The molecule has 0 radical (unpaired) electrons. The van der Waals surface area contributed by atoms with E-state index in [1.165, 1.54) is 5.56 Å². The van der Waals surface area contributed by atoms with E-state index in [-0.39, 0.29) is 11.5 Å². The Morgan fingerprint density at radius 2 is 1.85 bits per heavy atom.